The normalized spacial score (nSPS) is 24.3. The first-order valence-corrected chi connectivity index (χ1v) is 8.29. The molecule has 1 N–H and O–H groups in total. The highest BCUT2D eigenvalue weighted by molar-refractivity contribution is 4.83. The minimum atomic E-state index is 0.786. The van der Waals surface area contributed by atoms with Gasteiger partial charge in [-0.1, -0.05) is 13.8 Å². The zero-order valence-electron chi connectivity index (χ0n) is 13.6. The van der Waals surface area contributed by atoms with E-state index in [1.165, 1.54) is 64.7 Å². The zero-order chi connectivity index (χ0) is 14.1. The van der Waals surface area contributed by atoms with E-state index in [1.807, 2.05) is 0 Å². The van der Waals surface area contributed by atoms with Crippen LogP contribution in [0.1, 0.15) is 52.4 Å². The molecule has 1 fully saturated rings. The van der Waals surface area contributed by atoms with E-state index in [0.29, 0.717) is 0 Å². The van der Waals surface area contributed by atoms with Gasteiger partial charge in [-0.15, -0.1) is 0 Å². The molecule has 0 amide bonds. The monoisotopic (exact) mass is 269 g/mol. The third-order valence-electron chi connectivity index (χ3n) is 4.24. The van der Waals surface area contributed by atoms with Crippen LogP contribution >= 0.6 is 0 Å². The first kappa shape index (κ1) is 16.9. The Morgan fingerprint density at radius 3 is 2.11 bits per heavy atom. The maximum absolute atomic E-state index is 3.69. The van der Waals surface area contributed by atoms with Crippen molar-refractivity contribution in [2.45, 2.75) is 64.5 Å². The van der Waals surface area contributed by atoms with Crippen LogP contribution in [-0.4, -0.2) is 62.2 Å². The molecule has 0 aromatic rings. The number of likely N-dealkylation sites (N-methyl/N-ethyl adjacent to an activating group) is 1. The maximum Gasteiger partial charge on any atom is 0.0112 e. The molecule has 1 aliphatic rings. The van der Waals surface area contributed by atoms with Crippen molar-refractivity contribution in [3.63, 3.8) is 0 Å². The number of rotatable bonds is 9. The Kier molecular flexibility index (Phi) is 8.67. The Balaban J connectivity index is 2.32. The summed E-state index contributed by atoms with van der Waals surface area (Å²) in [5, 5.41) is 3.69. The van der Waals surface area contributed by atoms with Gasteiger partial charge in [-0.2, -0.15) is 0 Å². The molecule has 3 heteroatoms. The fourth-order valence-corrected chi connectivity index (χ4v) is 3.09. The Hall–Kier alpha value is -0.120. The smallest absolute Gasteiger partial charge is 0.0112 e. The zero-order valence-corrected chi connectivity index (χ0v) is 13.6. The molecule has 1 aliphatic carbocycles. The Labute approximate surface area is 120 Å². The maximum atomic E-state index is 3.69. The van der Waals surface area contributed by atoms with Gasteiger partial charge in [0, 0.05) is 25.2 Å². The lowest BCUT2D eigenvalue weighted by molar-refractivity contribution is 0.133. The topological polar surface area (TPSA) is 18.5 Å². The van der Waals surface area contributed by atoms with E-state index in [9.17, 15) is 0 Å². The average molecular weight is 269 g/mol. The van der Waals surface area contributed by atoms with E-state index < -0.39 is 0 Å². The molecule has 19 heavy (non-hydrogen) atoms. The van der Waals surface area contributed by atoms with Crippen LogP contribution in [0, 0.1) is 0 Å². The first-order valence-electron chi connectivity index (χ1n) is 8.29. The molecule has 114 valence electrons. The Morgan fingerprint density at radius 2 is 1.58 bits per heavy atom. The van der Waals surface area contributed by atoms with Gasteiger partial charge in [0.2, 0.25) is 0 Å². The van der Waals surface area contributed by atoms with Crippen molar-refractivity contribution in [2.75, 3.05) is 40.3 Å². The highest BCUT2D eigenvalue weighted by Gasteiger charge is 2.24. The van der Waals surface area contributed by atoms with E-state index in [-0.39, 0.29) is 0 Å². The fourth-order valence-electron chi connectivity index (χ4n) is 3.09. The number of hydrogen-bond donors (Lipinski definition) is 1. The third-order valence-corrected chi connectivity index (χ3v) is 4.24. The summed E-state index contributed by atoms with van der Waals surface area (Å²) < 4.78 is 0. The summed E-state index contributed by atoms with van der Waals surface area (Å²) in [4.78, 5) is 5.03. The molecular weight excluding hydrogens is 234 g/mol. The van der Waals surface area contributed by atoms with E-state index in [0.717, 1.165) is 12.1 Å². The van der Waals surface area contributed by atoms with Crippen LogP contribution in [0.5, 0.6) is 0 Å². The second kappa shape index (κ2) is 9.73. The van der Waals surface area contributed by atoms with Crippen molar-refractivity contribution in [1.82, 2.24) is 15.1 Å². The van der Waals surface area contributed by atoms with Gasteiger partial charge in [0.05, 0.1) is 0 Å². The molecule has 0 aromatic heterocycles. The molecule has 0 unspecified atom stereocenters. The quantitative estimate of drug-likeness (QED) is 0.694. The van der Waals surface area contributed by atoms with Crippen molar-refractivity contribution in [3.8, 4) is 0 Å². The van der Waals surface area contributed by atoms with E-state index in [1.54, 1.807) is 0 Å². The van der Waals surface area contributed by atoms with Crippen molar-refractivity contribution >= 4 is 0 Å². The molecule has 1 saturated carbocycles. The van der Waals surface area contributed by atoms with Crippen LogP contribution in [0.2, 0.25) is 0 Å². The summed E-state index contributed by atoms with van der Waals surface area (Å²) in [7, 11) is 4.35. The van der Waals surface area contributed by atoms with E-state index in [2.05, 4.69) is 43.1 Å². The fraction of sp³-hybridized carbons (Fsp3) is 1.00. The molecule has 0 radical (unpaired) electrons. The predicted octanol–water partition coefficient (Wildman–Crippen LogP) is 2.57. The SMILES string of the molecule is CCCNC1CCC(N(CCC)CCN(C)C)CC1. The summed E-state index contributed by atoms with van der Waals surface area (Å²) in [6.07, 6.45) is 8.04. The van der Waals surface area contributed by atoms with Gasteiger partial charge in [0.15, 0.2) is 0 Å². The molecule has 0 heterocycles. The van der Waals surface area contributed by atoms with Gasteiger partial charge < -0.3 is 10.2 Å². The summed E-state index contributed by atoms with van der Waals surface area (Å²) in [6.45, 7) is 9.44. The minimum absolute atomic E-state index is 0.786. The molecule has 1 rings (SSSR count). The van der Waals surface area contributed by atoms with E-state index in [4.69, 9.17) is 0 Å². The summed E-state index contributed by atoms with van der Waals surface area (Å²) in [5.74, 6) is 0. The molecule has 0 aliphatic heterocycles. The number of nitrogens with one attached hydrogen (secondary N) is 1. The summed E-state index contributed by atoms with van der Waals surface area (Å²) >= 11 is 0. The number of nitrogens with zero attached hydrogens (tertiary/aromatic N) is 2. The van der Waals surface area contributed by atoms with Crippen LogP contribution in [0.3, 0.4) is 0 Å². The Bertz CT molecular complexity index is 210. The van der Waals surface area contributed by atoms with Gasteiger partial charge in [-0.05, 0) is 65.7 Å². The molecule has 0 saturated heterocycles. The first-order chi connectivity index (χ1) is 9.17. The van der Waals surface area contributed by atoms with Crippen LogP contribution in [0.15, 0.2) is 0 Å². The molecular formula is C16H35N3. The van der Waals surface area contributed by atoms with Crippen molar-refractivity contribution in [1.29, 1.82) is 0 Å². The molecule has 0 atom stereocenters. The van der Waals surface area contributed by atoms with Crippen LogP contribution in [0.25, 0.3) is 0 Å². The highest BCUT2D eigenvalue weighted by Crippen LogP contribution is 2.23. The van der Waals surface area contributed by atoms with Crippen LogP contribution < -0.4 is 5.32 Å². The molecule has 0 spiro atoms. The third kappa shape index (κ3) is 6.73. The average Bonchev–Trinajstić information content (AvgIpc) is 2.41. The Morgan fingerprint density at radius 1 is 0.895 bits per heavy atom. The van der Waals surface area contributed by atoms with Gasteiger partial charge in [-0.3, -0.25) is 4.90 Å². The standard InChI is InChI=1S/C16H35N3/c1-5-11-17-15-7-9-16(10-8-15)19(12-6-2)14-13-18(3)4/h15-17H,5-14H2,1-4H3. The van der Waals surface area contributed by atoms with Gasteiger partial charge in [0.25, 0.3) is 0 Å². The second-order valence-electron chi connectivity index (χ2n) is 6.30. The summed E-state index contributed by atoms with van der Waals surface area (Å²) in [6, 6.07) is 1.62. The summed E-state index contributed by atoms with van der Waals surface area (Å²) in [5.41, 5.74) is 0. The lowest BCUT2D eigenvalue weighted by atomic mass is 9.90. The lowest BCUT2D eigenvalue weighted by Gasteiger charge is -2.37. The van der Waals surface area contributed by atoms with Crippen molar-refractivity contribution < 1.29 is 0 Å². The minimum Gasteiger partial charge on any atom is -0.314 e. The van der Waals surface area contributed by atoms with Crippen molar-refractivity contribution in [2.24, 2.45) is 0 Å². The molecule has 3 nitrogen and oxygen atoms in total. The molecule has 0 bridgehead atoms. The lowest BCUT2D eigenvalue weighted by Crippen LogP contribution is -2.45. The van der Waals surface area contributed by atoms with E-state index >= 15 is 0 Å². The highest BCUT2D eigenvalue weighted by atomic mass is 15.2. The second-order valence-corrected chi connectivity index (χ2v) is 6.30. The van der Waals surface area contributed by atoms with Crippen molar-refractivity contribution in [3.05, 3.63) is 0 Å². The van der Waals surface area contributed by atoms with Gasteiger partial charge in [0.1, 0.15) is 0 Å². The van der Waals surface area contributed by atoms with Crippen LogP contribution in [-0.2, 0) is 0 Å². The largest absolute Gasteiger partial charge is 0.314 e. The van der Waals surface area contributed by atoms with Crippen LogP contribution in [0.4, 0.5) is 0 Å². The molecule has 0 aromatic carbocycles. The predicted molar refractivity (Wildman–Crippen MR) is 84.8 cm³/mol. The van der Waals surface area contributed by atoms with Gasteiger partial charge >= 0.3 is 0 Å². The van der Waals surface area contributed by atoms with Gasteiger partial charge in [-0.25, -0.2) is 0 Å². The number of hydrogen-bond acceptors (Lipinski definition) is 3.